The molecule has 22 heavy (non-hydrogen) atoms. The molecule has 0 saturated carbocycles. The van der Waals surface area contributed by atoms with Gasteiger partial charge in [0, 0.05) is 24.8 Å². The van der Waals surface area contributed by atoms with Crippen molar-refractivity contribution < 1.29 is 0 Å². The van der Waals surface area contributed by atoms with Gasteiger partial charge in [-0.2, -0.15) is 10.2 Å². The molecule has 0 spiro atoms. The van der Waals surface area contributed by atoms with Gasteiger partial charge in [0.15, 0.2) is 5.65 Å². The topological polar surface area (TPSA) is 61.4 Å². The number of hydrogen-bond donors (Lipinski definition) is 0. The average molecular weight is 311 g/mol. The van der Waals surface area contributed by atoms with Crippen LogP contribution in [0.4, 0.5) is 0 Å². The van der Waals surface area contributed by atoms with Crippen LogP contribution in [0.2, 0.25) is 5.02 Å². The highest BCUT2D eigenvalue weighted by Gasteiger charge is 2.16. The van der Waals surface area contributed by atoms with Crippen molar-refractivity contribution in [2.75, 3.05) is 0 Å². The van der Waals surface area contributed by atoms with Gasteiger partial charge in [-0.1, -0.05) is 11.6 Å². The molecule has 0 aliphatic rings. The van der Waals surface area contributed by atoms with Gasteiger partial charge in [0.25, 0.3) is 0 Å². The highest BCUT2D eigenvalue weighted by molar-refractivity contribution is 6.30. The second kappa shape index (κ2) is 4.92. The van der Waals surface area contributed by atoms with Crippen LogP contribution in [0.25, 0.3) is 28.1 Å². The highest BCUT2D eigenvalue weighted by atomic mass is 35.5. The minimum Gasteiger partial charge on any atom is -0.273 e. The fourth-order valence-electron chi connectivity index (χ4n) is 2.37. The van der Waals surface area contributed by atoms with Gasteiger partial charge in [0.05, 0.1) is 23.1 Å². The third kappa shape index (κ3) is 2.05. The van der Waals surface area contributed by atoms with Crippen LogP contribution in [0.3, 0.4) is 0 Å². The lowest BCUT2D eigenvalue weighted by molar-refractivity contribution is 0.768. The molecule has 0 N–H and O–H groups in total. The molecule has 0 aliphatic carbocycles. The van der Waals surface area contributed by atoms with E-state index in [4.69, 9.17) is 11.6 Å². The van der Waals surface area contributed by atoms with Gasteiger partial charge in [-0.05, 0) is 24.3 Å². The molecule has 0 bridgehead atoms. The van der Waals surface area contributed by atoms with Gasteiger partial charge < -0.3 is 0 Å². The number of halogens is 1. The van der Waals surface area contributed by atoms with Crippen molar-refractivity contribution in [3.8, 4) is 17.1 Å². The minimum absolute atomic E-state index is 0.590. The molecule has 4 heterocycles. The molecular weight excluding hydrogens is 300 g/mol. The van der Waals surface area contributed by atoms with Crippen LogP contribution in [0, 0.1) is 0 Å². The molecule has 6 nitrogen and oxygen atoms in total. The van der Waals surface area contributed by atoms with Crippen molar-refractivity contribution in [2.24, 2.45) is 7.05 Å². The zero-order valence-corrected chi connectivity index (χ0v) is 12.4. The Morgan fingerprint density at radius 2 is 2.00 bits per heavy atom. The van der Waals surface area contributed by atoms with E-state index in [9.17, 15) is 0 Å². The summed E-state index contributed by atoms with van der Waals surface area (Å²) in [6, 6.07) is 7.50. The van der Waals surface area contributed by atoms with E-state index >= 15 is 0 Å². The van der Waals surface area contributed by atoms with Crippen LogP contribution in [-0.4, -0.2) is 29.5 Å². The lowest BCUT2D eigenvalue weighted by Crippen LogP contribution is -1.98. The van der Waals surface area contributed by atoms with Gasteiger partial charge in [-0.3, -0.25) is 9.67 Å². The predicted octanol–water partition coefficient (Wildman–Crippen LogP) is 2.87. The van der Waals surface area contributed by atoms with Crippen molar-refractivity contribution in [2.45, 2.75) is 0 Å². The second-order valence-corrected chi connectivity index (χ2v) is 5.31. The van der Waals surface area contributed by atoms with E-state index in [0.29, 0.717) is 5.02 Å². The Hall–Kier alpha value is -2.73. The Morgan fingerprint density at radius 3 is 2.82 bits per heavy atom. The maximum absolute atomic E-state index is 5.91. The summed E-state index contributed by atoms with van der Waals surface area (Å²) in [5.74, 6) is 0. The fraction of sp³-hybridized carbons (Fsp3) is 0.0667. The first-order valence-corrected chi connectivity index (χ1v) is 7.05. The molecule has 0 radical (unpaired) electrons. The van der Waals surface area contributed by atoms with Crippen LogP contribution >= 0.6 is 11.6 Å². The van der Waals surface area contributed by atoms with Crippen molar-refractivity contribution >= 4 is 22.6 Å². The Kier molecular flexibility index (Phi) is 2.90. The Balaban J connectivity index is 1.94. The van der Waals surface area contributed by atoms with Gasteiger partial charge in [-0.25, -0.2) is 9.67 Å². The number of aryl methyl sites for hydroxylation is 1. The second-order valence-electron chi connectivity index (χ2n) is 4.87. The first-order chi connectivity index (χ1) is 10.7. The summed E-state index contributed by atoms with van der Waals surface area (Å²) in [6.45, 7) is 0. The van der Waals surface area contributed by atoms with E-state index in [1.165, 1.54) is 0 Å². The Labute approximate surface area is 131 Å². The van der Waals surface area contributed by atoms with Crippen molar-refractivity contribution in [3.05, 3.63) is 54.1 Å². The number of pyridine rings is 2. The number of rotatable bonds is 2. The molecule has 4 aromatic heterocycles. The van der Waals surface area contributed by atoms with E-state index in [-0.39, 0.29) is 0 Å². The van der Waals surface area contributed by atoms with Crippen LogP contribution < -0.4 is 0 Å². The third-order valence-corrected chi connectivity index (χ3v) is 3.56. The molecule has 0 unspecified atom stereocenters. The molecule has 7 heteroatoms. The molecule has 0 fully saturated rings. The summed E-state index contributed by atoms with van der Waals surface area (Å²) >= 11 is 5.91. The van der Waals surface area contributed by atoms with Crippen LogP contribution in [0.1, 0.15) is 0 Å². The molecular formula is C15H11ClN6. The highest BCUT2D eigenvalue weighted by Crippen LogP contribution is 2.26. The maximum atomic E-state index is 5.91. The predicted molar refractivity (Wildman–Crippen MR) is 83.9 cm³/mol. The molecule has 4 rings (SSSR count). The summed E-state index contributed by atoms with van der Waals surface area (Å²) in [5.41, 5.74) is 3.08. The van der Waals surface area contributed by atoms with Gasteiger partial charge in [-0.15, -0.1) is 0 Å². The zero-order valence-electron chi connectivity index (χ0n) is 11.7. The van der Waals surface area contributed by atoms with Crippen molar-refractivity contribution in [1.82, 2.24) is 29.5 Å². The van der Waals surface area contributed by atoms with Gasteiger partial charge in [0.1, 0.15) is 11.4 Å². The van der Waals surface area contributed by atoms with E-state index in [0.717, 1.165) is 28.1 Å². The van der Waals surface area contributed by atoms with Crippen LogP contribution in [0.5, 0.6) is 0 Å². The van der Waals surface area contributed by atoms with Gasteiger partial charge in [0.2, 0.25) is 0 Å². The van der Waals surface area contributed by atoms with Crippen molar-refractivity contribution in [1.29, 1.82) is 0 Å². The number of hydrogen-bond acceptors (Lipinski definition) is 4. The Bertz CT molecular complexity index is 954. The standard InChI is InChI=1S/C15H11ClN6/c1-21-9-13(14(20-21)12-5-4-11(16)8-18-12)22-15-10(7-19-22)3-2-6-17-15/h2-9H,1H3. The minimum atomic E-state index is 0.590. The van der Waals surface area contributed by atoms with Crippen molar-refractivity contribution in [3.63, 3.8) is 0 Å². The normalized spacial score (nSPS) is 11.2. The van der Waals surface area contributed by atoms with Crippen LogP contribution in [-0.2, 0) is 7.05 Å². The summed E-state index contributed by atoms with van der Waals surface area (Å²) in [4.78, 5) is 8.74. The summed E-state index contributed by atoms with van der Waals surface area (Å²) in [7, 11) is 1.86. The van der Waals surface area contributed by atoms with Gasteiger partial charge >= 0.3 is 0 Å². The Morgan fingerprint density at radius 1 is 1.09 bits per heavy atom. The number of nitrogens with zero attached hydrogens (tertiary/aromatic N) is 6. The molecule has 0 amide bonds. The average Bonchev–Trinajstić information content (AvgIpc) is 3.11. The quantitative estimate of drug-likeness (QED) is 0.571. The summed E-state index contributed by atoms with van der Waals surface area (Å²) in [5, 5.41) is 10.5. The summed E-state index contributed by atoms with van der Waals surface area (Å²) in [6.07, 6.45) is 7.03. The first-order valence-electron chi connectivity index (χ1n) is 6.67. The molecule has 4 aromatic rings. The maximum Gasteiger partial charge on any atom is 0.163 e. The molecule has 0 aliphatic heterocycles. The monoisotopic (exact) mass is 310 g/mol. The first kappa shape index (κ1) is 13.0. The third-order valence-electron chi connectivity index (χ3n) is 3.34. The van der Waals surface area contributed by atoms with E-state index < -0.39 is 0 Å². The van der Waals surface area contributed by atoms with E-state index in [2.05, 4.69) is 20.2 Å². The largest absolute Gasteiger partial charge is 0.273 e. The lowest BCUT2D eigenvalue weighted by Gasteiger charge is -2.03. The zero-order chi connectivity index (χ0) is 15.1. The number of aromatic nitrogens is 6. The molecule has 0 aromatic carbocycles. The SMILES string of the molecule is Cn1cc(-n2ncc3cccnc32)c(-c2ccc(Cl)cn2)n1. The summed E-state index contributed by atoms with van der Waals surface area (Å²) < 4.78 is 3.51. The molecule has 0 atom stereocenters. The molecule has 108 valence electrons. The van der Waals surface area contributed by atoms with E-state index in [1.807, 2.05) is 31.4 Å². The van der Waals surface area contributed by atoms with E-state index in [1.54, 1.807) is 34.0 Å². The smallest absolute Gasteiger partial charge is 0.163 e. The number of fused-ring (bicyclic) bond motifs is 1. The fourth-order valence-corrected chi connectivity index (χ4v) is 2.48. The lowest BCUT2D eigenvalue weighted by atomic mass is 10.2. The molecule has 0 saturated heterocycles. The van der Waals surface area contributed by atoms with Crippen LogP contribution in [0.15, 0.2) is 49.1 Å².